The van der Waals surface area contributed by atoms with E-state index in [1.165, 1.54) is 0 Å². The summed E-state index contributed by atoms with van der Waals surface area (Å²) in [6, 6.07) is 24.0. The molecule has 0 radical (unpaired) electrons. The smallest absolute Gasteiger partial charge is 0.244 e. The van der Waals surface area contributed by atoms with E-state index in [1.807, 2.05) is 60.7 Å². The van der Waals surface area contributed by atoms with Crippen LogP contribution in [0.3, 0.4) is 0 Å². The van der Waals surface area contributed by atoms with Crippen molar-refractivity contribution in [3.8, 4) is 5.75 Å². The number of hydrogen-bond acceptors (Lipinski definition) is 5. The third-order valence-electron chi connectivity index (χ3n) is 5.84. The molecular formula is C28H30ClN3O4. The van der Waals surface area contributed by atoms with E-state index in [1.54, 1.807) is 23.1 Å². The van der Waals surface area contributed by atoms with Crippen LogP contribution in [0.2, 0.25) is 5.02 Å². The molecule has 0 aromatic heterocycles. The summed E-state index contributed by atoms with van der Waals surface area (Å²) in [6.07, 6.45) is 0.762. The standard InChI is InChI=1S/C28H30ClN3O4/c29-25-10-5-4-9-22(25)17-31-28(34)26-18-30-19-27(33)32(26)23-11-13-24(14-12-23)36-16-6-15-35-20-21-7-2-1-3-8-21/h1-5,7-14,26,30H,6,15-20H2,(H,31,34)/t26-/m1/s1. The van der Waals surface area contributed by atoms with E-state index in [-0.39, 0.29) is 18.4 Å². The molecule has 0 saturated carbocycles. The predicted molar refractivity (Wildman–Crippen MR) is 140 cm³/mol. The van der Waals surface area contributed by atoms with Gasteiger partial charge in [-0.15, -0.1) is 0 Å². The van der Waals surface area contributed by atoms with Crippen molar-refractivity contribution in [1.82, 2.24) is 10.6 Å². The first-order chi connectivity index (χ1) is 17.6. The van der Waals surface area contributed by atoms with Crippen LogP contribution < -0.4 is 20.3 Å². The number of nitrogens with zero attached hydrogens (tertiary/aromatic N) is 1. The SMILES string of the molecule is O=C(NCc1ccccc1Cl)[C@H]1CNCC(=O)N1c1ccc(OCCCOCc2ccccc2)cc1. The molecule has 2 amide bonds. The van der Waals surface area contributed by atoms with Crippen molar-refractivity contribution in [2.75, 3.05) is 31.2 Å². The Hall–Kier alpha value is -3.39. The minimum atomic E-state index is -0.665. The van der Waals surface area contributed by atoms with E-state index in [4.69, 9.17) is 21.1 Å². The van der Waals surface area contributed by atoms with Gasteiger partial charge in [-0.25, -0.2) is 0 Å². The van der Waals surface area contributed by atoms with Crippen molar-refractivity contribution >= 4 is 29.1 Å². The average molecular weight is 508 g/mol. The van der Waals surface area contributed by atoms with Crippen LogP contribution in [0.15, 0.2) is 78.9 Å². The summed E-state index contributed by atoms with van der Waals surface area (Å²) < 4.78 is 11.5. The van der Waals surface area contributed by atoms with Gasteiger partial charge in [0, 0.05) is 30.2 Å². The first-order valence-corrected chi connectivity index (χ1v) is 12.4. The number of ether oxygens (including phenoxy) is 2. The molecule has 2 N–H and O–H groups in total. The Morgan fingerprint density at radius 2 is 1.75 bits per heavy atom. The van der Waals surface area contributed by atoms with E-state index >= 15 is 0 Å². The molecule has 0 unspecified atom stereocenters. The third kappa shape index (κ3) is 7.07. The fourth-order valence-corrected chi connectivity index (χ4v) is 4.16. The highest BCUT2D eigenvalue weighted by Crippen LogP contribution is 2.23. The van der Waals surface area contributed by atoms with Gasteiger partial charge in [0.2, 0.25) is 11.8 Å². The lowest BCUT2D eigenvalue weighted by atomic mass is 10.1. The van der Waals surface area contributed by atoms with E-state index in [9.17, 15) is 9.59 Å². The molecule has 0 aliphatic carbocycles. The number of nitrogens with one attached hydrogen (secondary N) is 2. The zero-order valence-electron chi connectivity index (χ0n) is 20.0. The molecule has 1 atom stereocenters. The van der Waals surface area contributed by atoms with Crippen molar-refractivity contribution < 1.29 is 19.1 Å². The zero-order valence-corrected chi connectivity index (χ0v) is 20.7. The first-order valence-electron chi connectivity index (χ1n) is 12.0. The van der Waals surface area contributed by atoms with Crippen molar-refractivity contribution in [3.63, 3.8) is 0 Å². The first kappa shape index (κ1) is 25.7. The predicted octanol–water partition coefficient (Wildman–Crippen LogP) is 3.95. The van der Waals surface area contributed by atoms with Gasteiger partial charge in [0.05, 0.1) is 26.4 Å². The molecule has 8 heteroatoms. The van der Waals surface area contributed by atoms with E-state index < -0.39 is 6.04 Å². The Morgan fingerprint density at radius 1 is 1.00 bits per heavy atom. The number of halogens is 1. The minimum absolute atomic E-state index is 0.164. The molecule has 1 fully saturated rings. The molecule has 0 bridgehead atoms. The number of benzene rings is 3. The van der Waals surface area contributed by atoms with Gasteiger partial charge in [-0.2, -0.15) is 0 Å². The maximum Gasteiger partial charge on any atom is 0.244 e. The molecule has 36 heavy (non-hydrogen) atoms. The summed E-state index contributed by atoms with van der Waals surface area (Å²) in [5.41, 5.74) is 2.62. The topological polar surface area (TPSA) is 79.9 Å². The molecular weight excluding hydrogens is 478 g/mol. The van der Waals surface area contributed by atoms with E-state index in [0.717, 1.165) is 17.5 Å². The van der Waals surface area contributed by atoms with Gasteiger partial charge >= 0.3 is 0 Å². The van der Waals surface area contributed by atoms with Crippen molar-refractivity contribution in [2.24, 2.45) is 0 Å². The normalized spacial score (nSPS) is 15.5. The summed E-state index contributed by atoms with van der Waals surface area (Å²) in [5.74, 6) is 0.291. The van der Waals surface area contributed by atoms with Gasteiger partial charge in [0.1, 0.15) is 11.8 Å². The van der Waals surface area contributed by atoms with Gasteiger partial charge in [-0.3, -0.25) is 14.5 Å². The van der Waals surface area contributed by atoms with Crippen molar-refractivity contribution in [1.29, 1.82) is 0 Å². The highest BCUT2D eigenvalue weighted by atomic mass is 35.5. The van der Waals surface area contributed by atoms with Crippen molar-refractivity contribution in [2.45, 2.75) is 25.6 Å². The number of carbonyl (C=O) groups is 2. The van der Waals surface area contributed by atoms with Crippen LogP contribution in [0, 0.1) is 0 Å². The minimum Gasteiger partial charge on any atom is -0.494 e. The molecule has 1 heterocycles. The Labute approximate surface area is 216 Å². The van der Waals surface area contributed by atoms with Crippen LogP contribution in [0.25, 0.3) is 0 Å². The van der Waals surface area contributed by atoms with Gasteiger partial charge in [-0.1, -0.05) is 60.1 Å². The third-order valence-corrected chi connectivity index (χ3v) is 6.20. The molecule has 4 rings (SSSR count). The van der Waals surface area contributed by atoms with Gasteiger partial charge in [0.15, 0.2) is 0 Å². The monoisotopic (exact) mass is 507 g/mol. The summed E-state index contributed by atoms with van der Waals surface area (Å²) in [4.78, 5) is 27.2. The van der Waals surface area contributed by atoms with Crippen LogP contribution in [-0.4, -0.2) is 44.2 Å². The number of rotatable bonds is 11. The van der Waals surface area contributed by atoms with Crippen LogP contribution >= 0.6 is 11.6 Å². The summed E-state index contributed by atoms with van der Waals surface area (Å²) in [7, 11) is 0. The number of amides is 2. The average Bonchev–Trinajstić information content (AvgIpc) is 2.91. The number of hydrogen-bond donors (Lipinski definition) is 2. The molecule has 1 saturated heterocycles. The van der Waals surface area contributed by atoms with Crippen LogP contribution in [0.5, 0.6) is 5.75 Å². The Kier molecular flexibility index (Phi) is 9.33. The molecule has 0 spiro atoms. The summed E-state index contributed by atoms with van der Waals surface area (Å²) >= 11 is 6.20. The van der Waals surface area contributed by atoms with E-state index in [2.05, 4.69) is 10.6 Å². The van der Waals surface area contributed by atoms with Gasteiger partial charge in [-0.05, 0) is 41.5 Å². The lowest BCUT2D eigenvalue weighted by Gasteiger charge is -2.35. The van der Waals surface area contributed by atoms with Gasteiger partial charge in [0.25, 0.3) is 0 Å². The highest BCUT2D eigenvalue weighted by Gasteiger charge is 2.34. The lowest BCUT2D eigenvalue weighted by molar-refractivity contribution is -0.127. The number of anilines is 1. The lowest BCUT2D eigenvalue weighted by Crippen LogP contribution is -2.60. The second-order valence-electron chi connectivity index (χ2n) is 8.45. The maximum absolute atomic E-state index is 13.0. The van der Waals surface area contributed by atoms with Crippen molar-refractivity contribution in [3.05, 3.63) is 95.0 Å². The Balaban J connectivity index is 1.27. The van der Waals surface area contributed by atoms with Gasteiger partial charge < -0.3 is 20.1 Å². The largest absolute Gasteiger partial charge is 0.494 e. The molecule has 1 aliphatic rings. The second kappa shape index (κ2) is 13.1. The summed E-state index contributed by atoms with van der Waals surface area (Å²) in [5, 5.41) is 6.52. The van der Waals surface area contributed by atoms with E-state index in [0.29, 0.717) is 49.4 Å². The Bertz CT molecular complexity index is 1140. The molecule has 7 nitrogen and oxygen atoms in total. The zero-order chi connectivity index (χ0) is 25.2. The second-order valence-corrected chi connectivity index (χ2v) is 8.86. The summed E-state index contributed by atoms with van der Waals surface area (Å²) in [6.45, 7) is 2.54. The highest BCUT2D eigenvalue weighted by molar-refractivity contribution is 6.31. The molecule has 1 aliphatic heterocycles. The maximum atomic E-state index is 13.0. The quantitative estimate of drug-likeness (QED) is 0.384. The van der Waals surface area contributed by atoms with Crippen LogP contribution in [-0.2, 0) is 27.5 Å². The fraction of sp³-hybridized carbons (Fsp3) is 0.286. The number of piperazine rings is 1. The Morgan fingerprint density at radius 3 is 2.53 bits per heavy atom. The number of carbonyl (C=O) groups excluding carboxylic acids is 2. The van der Waals surface area contributed by atoms with Crippen LogP contribution in [0.4, 0.5) is 5.69 Å². The fourth-order valence-electron chi connectivity index (χ4n) is 3.96. The molecule has 3 aromatic carbocycles. The molecule has 3 aromatic rings. The van der Waals surface area contributed by atoms with Crippen LogP contribution in [0.1, 0.15) is 17.5 Å². The molecule has 188 valence electrons.